The number of amides is 1. The predicted octanol–water partition coefficient (Wildman–Crippen LogP) is 1.52. The molecule has 2 saturated heterocycles. The molecule has 0 aliphatic carbocycles. The van der Waals surface area contributed by atoms with Crippen LogP contribution >= 0.6 is 11.3 Å². The summed E-state index contributed by atoms with van der Waals surface area (Å²) in [6.07, 6.45) is 1.16. The van der Waals surface area contributed by atoms with Gasteiger partial charge in [0.15, 0.2) is 0 Å². The molecule has 0 saturated carbocycles. The van der Waals surface area contributed by atoms with Crippen LogP contribution in [0.25, 0.3) is 0 Å². The summed E-state index contributed by atoms with van der Waals surface area (Å²) in [5, 5.41) is 5.44. The Morgan fingerprint density at radius 2 is 2.32 bits per heavy atom. The number of hydrogen-bond acceptors (Lipinski definition) is 4. The number of nitrogens with zero attached hydrogens (tertiary/aromatic N) is 2. The van der Waals surface area contributed by atoms with Gasteiger partial charge in [-0.3, -0.25) is 10.1 Å². The molecule has 3 rings (SSSR count). The molecule has 19 heavy (non-hydrogen) atoms. The van der Waals surface area contributed by atoms with Crippen molar-refractivity contribution in [2.24, 2.45) is 5.92 Å². The third-order valence-corrected chi connectivity index (χ3v) is 5.17. The normalized spacial score (nSPS) is 33.1. The Labute approximate surface area is 118 Å². The van der Waals surface area contributed by atoms with Gasteiger partial charge >= 0.3 is 0 Å². The van der Waals surface area contributed by atoms with Crippen LogP contribution < -0.4 is 5.32 Å². The molecule has 0 spiro atoms. The largest absolute Gasteiger partial charge is 0.318 e. The monoisotopic (exact) mass is 279 g/mol. The molecule has 2 aliphatic rings. The van der Waals surface area contributed by atoms with Crippen LogP contribution in [-0.4, -0.2) is 48.4 Å². The fourth-order valence-electron chi connectivity index (χ4n) is 3.33. The van der Waals surface area contributed by atoms with Crippen molar-refractivity contribution in [2.75, 3.05) is 26.7 Å². The molecule has 1 amide bonds. The summed E-state index contributed by atoms with van der Waals surface area (Å²) in [5.74, 6) is 0.782. The number of hydrogen-bond donors (Lipinski definition) is 1. The van der Waals surface area contributed by atoms with Crippen molar-refractivity contribution < 1.29 is 4.79 Å². The molecule has 0 radical (unpaired) electrons. The van der Waals surface area contributed by atoms with Gasteiger partial charge in [0.25, 0.3) is 0 Å². The van der Waals surface area contributed by atoms with E-state index in [0.29, 0.717) is 18.5 Å². The Morgan fingerprint density at radius 3 is 3.00 bits per heavy atom. The van der Waals surface area contributed by atoms with E-state index in [-0.39, 0.29) is 12.1 Å². The smallest absolute Gasteiger partial charge is 0.238 e. The maximum absolute atomic E-state index is 12.3. The van der Waals surface area contributed by atoms with Gasteiger partial charge in [-0.05, 0) is 37.4 Å². The quantitative estimate of drug-likeness (QED) is 0.891. The molecule has 3 atom stereocenters. The maximum atomic E-state index is 12.3. The molecule has 0 bridgehead atoms. The van der Waals surface area contributed by atoms with Crippen molar-refractivity contribution in [1.82, 2.24) is 15.1 Å². The summed E-state index contributed by atoms with van der Waals surface area (Å²) in [5.41, 5.74) is 0. The van der Waals surface area contributed by atoms with E-state index in [1.54, 1.807) is 11.3 Å². The fourth-order valence-corrected chi connectivity index (χ4v) is 4.13. The second kappa shape index (κ2) is 5.23. The van der Waals surface area contributed by atoms with Gasteiger partial charge in [-0.25, -0.2) is 0 Å². The van der Waals surface area contributed by atoms with Crippen molar-refractivity contribution in [3.05, 3.63) is 22.4 Å². The van der Waals surface area contributed by atoms with Gasteiger partial charge in [0, 0.05) is 17.5 Å². The van der Waals surface area contributed by atoms with Crippen LogP contribution in [0.5, 0.6) is 0 Å². The maximum Gasteiger partial charge on any atom is 0.238 e. The molecule has 5 heteroatoms. The van der Waals surface area contributed by atoms with Crippen LogP contribution in [0.1, 0.15) is 24.4 Å². The zero-order chi connectivity index (χ0) is 13.4. The van der Waals surface area contributed by atoms with Crippen molar-refractivity contribution in [3.63, 3.8) is 0 Å². The summed E-state index contributed by atoms with van der Waals surface area (Å²) in [6, 6.07) is 4.54. The molecule has 0 aromatic carbocycles. The molecule has 4 nitrogen and oxygen atoms in total. The van der Waals surface area contributed by atoms with E-state index in [2.05, 4.69) is 46.6 Å². The molecule has 3 unspecified atom stereocenters. The second-order valence-electron chi connectivity index (χ2n) is 5.70. The standard InChI is InChI=1S/C14H21N3OS/c1-10-9-16(2)6-5-11(10)17-13(18)8-15-14(17)12-4-3-7-19-12/h3-4,7,10-11,14-15H,5-6,8-9H2,1-2H3. The third kappa shape index (κ3) is 2.42. The van der Waals surface area contributed by atoms with E-state index >= 15 is 0 Å². The highest BCUT2D eigenvalue weighted by Gasteiger charge is 2.40. The number of rotatable bonds is 2. The fraction of sp³-hybridized carbons (Fsp3) is 0.643. The van der Waals surface area contributed by atoms with Crippen LogP contribution in [0.2, 0.25) is 0 Å². The van der Waals surface area contributed by atoms with E-state index in [0.717, 1.165) is 19.5 Å². The van der Waals surface area contributed by atoms with Crippen LogP contribution in [-0.2, 0) is 4.79 Å². The minimum absolute atomic E-state index is 0.0864. The van der Waals surface area contributed by atoms with Crippen molar-refractivity contribution in [2.45, 2.75) is 25.6 Å². The molecule has 2 aliphatic heterocycles. The number of piperidine rings is 1. The SMILES string of the molecule is CC1CN(C)CCC1N1C(=O)CNC1c1cccs1. The zero-order valence-electron chi connectivity index (χ0n) is 11.5. The Bertz CT molecular complexity index is 448. The Morgan fingerprint density at radius 1 is 1.47 bits per heavy atom. The third-order valence-electron chi connectivity index (χ3n) is 4.25. The number of likely N-dealkylation sites (tertiary alicyclic amines) is 1. The van der Waals surface area contributed by atoms with Gasteiger partial charge in [-0.15, -0.1) is 11.3 Å². The number of nitrogens with one attached hydrogen (secondary N) is 1. The molecule has 1 aromatic heterocycles. The molecule has 1 N–H and O–H groups in total. The van der Waals surface area contributed by atoms with Crippen LogP contribution in [0.4, 0.5) is 0 Å². The highest BCUT2D eigenvalue weighted by molar-refractivity contribution is 7.10. The topological polar surface area (TPSA) is 35.6 Å². The lowest BCUT2D eigenvalue weighted by atomic mass is 9.92. The highest BCUT2D eigenvalue weighted by Crippen LogP contribution is 2.33. The molecule has 3 heterocycles. The Balaban J connectivity index is 1.82. The first-order valence-electron chi connectivity index (χ1n) is 6.93. The molecular formula is C14H21N3OS. The van der Waals surface area contributed by atoms with Gasteiger partial charge < -0.3 is 9.80 Å². The second-order valence-corrected chi connectivity index (χ2v) is 6.67. The molecular weight excluding hydrogens is 258 g/mol. The van der Waals surface area contributed by atoms with Gasteiger partial charge in [-0.1, -0.05) is 13.0 Å². The predicted molar refractivity (Wildman–Crippen MR) is 77.0 cm³/mol. The van der Waals surface area contributed by atoms with Gasteiger partial charge in [-0.2, -0.15) is 0 Å². The number of thiophene rings is 1. The van der Waals surface area contributed by atoms with Crippen LogP contribution in [0, 0.1) is 5.92 Å². The van der Waals surface area contributed by atoms with E-state index in [9.17, 15) is 4.79 Å². The van der Waals surface area contributed by atoms with E-state index < -0.39 is 0 Å². The van der Waals surface area contributed by atoms with Gasteiger partial charge in [0.05, 0.1) is 6.54 Å². The first-order valence-corrected chi connectivity index (χ1v) is 7.81. The summed E-state index contributed by atoms with van der Waals surface area (Å²) in [4.78, 5) is 18.0. The minimum Gasteiger partial charge on any atom is -0.318 e. The van der Waals surface area contributed by atoms with Gasteiger partial charge in [0.2, 0.25) is 5.91 Å². The lowest BCUT2D eigenvalue weighted by molar-refractivity contribution is -0.132. The first-order chi connectivity index (χ1) is 9.16. The Kier molecular flexibility index (Phi) is 3.60. The summed E-state index contributed by atoms with van der Waals surface area (Å²) in [7, 11) is 2.16. The average molecular weight is 279 g/mol. The van der Waals surface area contributed by atoms with Gasteiger partial charge in [0.1, 0.15) is 6.17 Å². The van der Waals surface area contributed by atoms with E-state index in [1.165, 1.54) is 4.88 Å². The average Bonchev–Trinajstić information content (AvgIpc) is 2.99. The van der Waals surface area contributed by atoms with E-state index in [1.807, 2.05) is 0 Å². The lowest BCUT2D eigenvalue weighted by Gasteiger charge is -2.42. The molecule has 2 fully saturated rings. The Hall–Kier alpha value is -0.910. The van der Waals surface area contributed by atoms with Crippen LogP contribution in [0.15, 0.2) is 17.5 Å². The van der Waals surface area contributed by atoms with Crippen molar-refractivity contribution in [3.8, 4) is 0 Å². The molecule has 1 aromatic rings. The van der Waals surface area contributed by atoms with Crippen molar-refractivity contribution >= 4 is 17.2 Å². The zero-order valence-corrected chi connectivity index (χ0v) is 12.3. The first kappa shape index (κ1) is 13.1. The summed E-state index contributed by atoms with van der Waals surface area (Å²) in [6.45, 7) is 4.89. The summed E-state index contributed by atoms with van der Waals surface area (Å²) < 4.78 is 0. The van der Waals surface area contributed by atoms with Crippen LogP contribution in [0.3, 0.4) is 0 Å². The highest BCUT2D eigenvalue weighted by atomic mass is 32.1. The lowest BCUT2D eigenvalue weighted by Crippen LogP contribution is -2.50. The number of carbonyl (C=O) groups excluding carboxylic acids is 1. The molecule has 104 valence electrons. The minimum atomic E-state index is 0.0864. The van der Waals surface area contributed by atoms with Crippen molar-refractivity contribution in [1.29, 1.82) is 0 Å². The summed E-state index contributed by atoms with van der Waals surface area (Å²) >= 11 is 1.72. The van der Waals surface area contributed by atoms with E-state index in [4.69, 9.17) is 0 Å². The number of carbonyl (C=O) groups is 1.